The molecule has 0 radical (unpaired) electrons. The summed E-state index contributed by atoms with van der Waals surface area (Å²) in [7, 11) is 0. The van der Waals surface area contributed by atoms with Gasteiger partial charge >= 0.3 is 6.18 Å². The van der Waals surface area contributed by atoms with E-state index in [1.807, 2.05) is 6.07 Å². The molecule has 1 atom stereocenters. The van der Waals surface area contributed by atoms with Crippen molar-refractivity contribution in [2.24, 2.45) is 5.92 Å². The fraction of sp³-hybridized carbons (Fsp3) is 0.433. The van der Waals surface area contributed by atoms with Gasteiger partial charge in [-0.05, 0) is 66.8 Å². The Labute approximate surface area is 224 Å². The number of aliphatic hydroxyl groups is 1. The number of hydrogen-bond donors (Lipinski definition) is 2. The molecular weight excluding hydrogens is 507 g/mol. The number of benzene rings is 2. The van der Waals surface area contributed by atoms with Crippen LogP contribution in [0.2, 0.25) is 0 Å². The van der Waals surface area contributed by atoms with Gasteiger partial charge < -0.3 is 15.0 Å². The van der Waals surface area contributed by atoms with Crippen LogP contribution >= 0.6 is 0 Å². The van der Waals surface area contributed by atoms with Crippen molar-refractivity contribution >= 4 is 5.91 Å². The molecule has 1 saturated carbocycles. The van der Waals surface area contributed by atoms with Gasteiger partial charge in [-0.1, -0.05) is 50.2 Å². The van der Waals surface area contributed by atoms with Gasteiger partial charge in [-0.3, -0.25) is 9.59 Å². The Kier molecular flexibility index (Phi) is 7.13. The first-order valence-corrected chi connectivity index (χ1v) is 13.3. The lowest BCUT2D eigenvalue weighted by atomic mass is 9.91. The maximum atomic E-state index is 13.3. The van der Waals surface area contributed by atoms with Gasteiger partial charge in [0.05, 0.1) is 28.8 Å². The number of aromatic amines is 1. The van der Waals surface area contributed by atoms with Crippen molar-refractivity contribution in [2.75, 3.05) is 6.54 Å². The van der Waals surface area contributed by atoms with Crippen molar-refractivity contribution in [3.63, 3.8) is 0 Å². The Morgan fingerprint density at radius 2 is 1.90 bits per heavy atom. The van der Waals surface area contributed by atoms with Gasteiger partial charge in [0, 0.05) is 6.54 Å². The Morgan fingerprint density at radius 3 is 2.59 bits per heavy atom. The van der Waals surface area contributed by atoms with Crippen molar-refractivity contribution in [1.82, 2.24) is 14.9 Å². The van der Waals surface area contributed by atoms with Gasteiger partial charge in [0.15, 0.2) is 6.10 Å². The van der Waals surface area contributed by atoms with Crippen LogP contribution in [0.25, 0.3) is 0 Å². The second kappa shape index (κ2) is 10.3. The van der Waals surface area contributed by atoms with Gasteiger partial charge in [0.25, 0.3) is 11.5 Å². The predicted octanol–water partition coefficient (Wildman–Crippen LogP) is 5.08. The first kappa shape index (κ1) is 27.1. The molecule has 0 bridgehead atoms. The largest absolute Gasteiger partial charge is 0.416 e. The van der Waals surface area contributed by atoms with Crippen LogP contribution in [-0.2, 0) is 35.8 Å². The molecule has 0 spiro atoms. The number of carbonyl (C=O) groups excluding carboxylic acids is 1. The topological polar surface area (TPSA) is 86.3 Å². The lowest BCUT2D eigenvalue weighted by Gasteiger charge is -2.24. The van der Waals surface area contributed by atoms with Crippen LogP contribution in [-0.4, -0.2) is 32.4 Å². The molecule has 2 aromatic carbocycles. The van der Waals surface area contributed by atoms with Crippen LogP contribution in [0.1, 0.15) is 78.5 Å². The molecule has 0 unspecified atom stereocenters. The quantitative estimate of drug-likeness (QED) is 0.458. The average Bonchev–Trinajstić information content (AvgIpc) is 3.72. The van der Waals surface area contributed by atoms with Crippen LogP contribution in [0.5, 0.6) is 0 Å². The van der Waals surface area contributed by atoms with E-state index in [2.05, 4.69) is 37.0 Å². The third kappa shape index (κ3) is 5.50. The van der Waals surface area contributed by atoms with Crippen LogP contribution in [0, 0.1) is 5.92 Å². The highest BCUT2D eigenvalue weighted by Crippen LogP contribution is 2.52. The molecule has 1 fully saturated rings. The summed E-state index contributed by atoms with van der Waals surface area (Å²) in [6.07, 6.45) is -2.63. The molecular formula is C30H32F3N3O3. The molecule has 2 heterocycles. The summed E-state index contributed by atoms with van der Waals surface area (Å²) in [5.41, 5.74) is 1.63. The maximum absolute atomic E-state index is 13.3. The van der Waals surface area contributed by atoms with Gasteiger partial charge in [-0.2, -0.15) is 13.2 Å². The summed E-state index contributed by atoms with van der Waals surface area (Å²) in [4.78, 5) is 35.6. The molecule has 2 N–H and O–H groups in total. The summed E-state index contributed by atoms with van der Waals surface area (Å²) in [5.74, 6) is 0.418. The van der Waals surface area contributed by atoms with E-state index < -0.39 is 23.8 Å². The minimum Gasteiger partial charge on any atom is -0.378 e. The molecule has 0 saturated heterocycles. The Bertz CT molecular complexity index is 1440. The standard InChI is InChI=1S/C30H32F3N3O3/c1-18(2)14-19-6-3-8-21(15-19)29(11-12-29)28-34-24-10-5-13-36(17-23(24)26(38)35-28)27(39)25(37)20-7-4-9-22(16-20)30(31,32)33/h3-4,6-9,15-16,18,25,37H,5,10-14,17H2,1-2H3,(H,34,35,38)/t25-/m1/s1. The van der Waals surface area contributed by atoms with Gasteiger partial charge in [0.1, 0.15) is 5.82 Å². The molecule has 1 aliphatic heterocycles. The second-order valence-corrected chi connectivity index (χ2v) is 11.1. The summed E-state index contributed by atoms with van der Waals surface area (Å²) >= 11 is 0. The zero-order chi connectivity index (χ0) is 27.9. The van der Waals surface area contributed by atoms with Crippen molar-refractivity contribution in [3.8, 4) is 0 Å². The van der Waals surface area contributed by atoms with Gasteiger partial charge in [0.2, 0.25) is 0 Å². The minimum atomic E-state index is -4.59. The Hall–Kier alpha value is -3.46. The fourth-order valence-electron chi connectivity index (χ4n) is 5.49. The van der Waals surface area contributed by atoms with Crippen LogP contribution in [0.4, 0.5) is 13.2 Å². The van der Waals surface area contributed by atoms with E-state index in [1.165, 1.54) is 16.5 Å². The van der Waals surface area contributed by atoms with E-state index in [9.17, 15) is 27.9 Å². The number of nitrogens with one attached hydrogen (secondary N) is 1. The van der Waals surface area contributed by atoms with E-state index in [0.717, 1.165) is 43.0 Å². The zero-order valence-electron chi connectivity index (χ0n) is 22.0. The van der Waals surface area contributed by atoms with Crippen molar-refractivity contribution in [2.45, 2.75) is 70.2 Å². The number of fused-ring (bicyclic) bond motifs is 1. The maximum Gasteiger partial charge on any atom is 0.416 e. The summed E-state index contributed by atoms with van der Waals surface area (Å²) < 4.78 is 39.4. The number of aryl methyl sites for hydroxylation is 1. The molecule has 1 aromatic heterocycles. The monoisotopic (exact) mass is 539 g/mol. The number of hydrogen-bond acceptors (Lipinski definition) is 4. The molecule has 39 heavy (non-hydrogen) atoms. The molecule has 6 nitrogen and oxygen atoms in total. The first-order chi connectivity index (χ1) is 18.5. The summed E-state index contributed by atoms with van der Waals surface area (Å²) in [5, 5.41) is 10.6. The zero-order valence-corrected chi connectivity index (χ0v) is 22.0. The van der Waals surface area contributed by atoms with E-state index in [1.54, 1.807) is 0 Å². The number of H-pyrrole nitrogens is 1. The highest BCUT2D eigenvalue weighted by Gasteiger charge is 2.49. The van der Waals surface area contributed by atoms with Crippen LogP contribution < -0.4 is 5.56 Å². The van der Waals surface area contributed by atoms with Crippen LogP contribution in [0.15, 0.2) is 53.3 Å². The van der Waals surface area contributed by atoms with E-state index in [-0.39, 0.29) is 29.6 Å². The number of halogens is 3. The van der Waals surface area contributed by atoms with E-state index in [0.29, 0.717) is 35.8 Å². The third-order valence-electron chi connectivity index (χ3n) is 7.69. The lowest BCUT2D eigenvalue weighted by molar-refractivity contribution is -0.142. The Morgan fingerprint density at radius 1 is 1.15 bits per heavy atom. The molecule has 1 amide bonds. The second-order valence-electron chi connectivity index (χ2n) is 11.1. The number of rotatable bonds is 6. The molecule has 5 rings (SSSR count). The van der Waals surface area contributed by atoms with E-state index in [4.69, 9.17) is 4.98 Å². The molecule has 2 aliphatic rings. The van der Waals surface area contributed by atoms with Crippen molar-refractivity contribution in [3.05, 3.63) is 98.2 Å². The predicted molar refractivity (Wildman–Crippen MR) is 140 cm³/mol. The highest BCUT2D eigenvalue weighted by molar-refractivity contribution is 5.82. The number of alkyl halides is 3. The number of carbonyl (C=O) groups is 1. The van der Waals surface area contributed by atoms with Gasteiger partial charge in [-0.25, -0.2) is 4.98 Å². The average molecular weight is 540 g/mol. The minimum absolute atomic E-state index is 0.0658. The van der Waals surface area contributed by atoms with Gasteiger partial charge in [-0.15, -0.1) is 0 Å². The molecule has 206 valence electrons. The van der Waals surface area contributed by atoms with Crippen LogP contribution in [0.3, 0.4) is 0 Å². The first-order valence-electron chi connectivity index (χ1n) is 13.3. The summed E-state index contributed by atoms with van der Waals surface area (Å²) in [6, 6.07) is 12.6. The number of aromatic nitrogens is 2. The molecule has 9 heteroatoms. The number of nitrogens with zero attached hydrogens (tertiary/aromatic N) is 2. The van der Waals surface area contributed by atoms with Crippen molar-refractivity contribution in [1.29, 1.82) is 0 Å². The third-order valence-corrected chi connectivity index (χ3v) is 7.69. The summed E-state index contributed by atoms with van der Waals surface area (Å²) in [6.45, 7) is 4.54. The SMILES string of the molecule is CC(C)Cc1cccc(C2(c3nc4c(c(=O)[nH]3)CN(C(=O)[C@H](O)c3cccc(C(F)(F)F)c3)CCC4)CC2)c1. The smallest absolute Gasteiger partial charge is 0.378 e. The number of aliphatic hydroxyl groups excluding tert-OH is 1. The Balaban J connectivity index is 1.40. The van der Waals surface area contributed by atoms with E-state index >= 15 is 0 Å². The number of amides is 1. The normalized spacial score (nSPS) is 17.5. The highest BCUT2D eigenvalue weighted by atomic mass is 19.4. The molecule has 1 aliphatic carbocycles. The molecule has 3 aromatic rings. The lowest BCUT2D eigenvalue weighted by Crippen LogP contribution is -2.36. The van der Waals surface area contributed by atoms with Crippen molar-refractivity contribution < 1.29 is 23.1 Å². The fourth-order valence-corrected chi connectivity index (χ4v) is 5.49.